The first kappa shape index (κ1) is 14.6. The molecule has 0 aromatic heterocycles. The highest BCUT2D eigenvalue weighted by atomic mass is 16.1. The van der Waals surface area contributed by atoms with Crippen LogP contribution in [0.4, 0.5) is 0 Å². The van der Waals surface area contributed by atoms with Crippen molar-refractivity contribution < 1.29 is 4.79 Å². The molecule has 0 saturated heterocycles. The fourth-order valence-corrected chi connectivity index (χ4v) is 1.21. The third kappa shape index (κ3) is 7.98. The molecule has 0 bridgehead atoms. The van der Waals surface area contributed by atoms with Crippen LogP contribution < -0.4 is 0 Å². The number of aldehydes is 1. The molecule has 0 unspecified atom stereocenters. The number of carbonyl (C=O) groups excluding carboxylic acids is 1. The van der Waals surface area contributed by atoms with Gasteiger partial charge in [0.25, 0.3) is 0 Å². The van der Waals surface area contributed by atoms with Crippen molar-refractivity contribution in [3.8, 4) is 0 Å². The number of allylic oxidation sites excluding steroid dienone is 7. The Labute approximate surface area is 99.3 Å². The SMILES string of the molecule is C=C/C(C)=C\C/C=C(/C)CC/C=C(/C)C=O. The Morgan fingerprint density at radius 3 is 2.31 bits per heavy atom. The quantitative estimate of drug-likeness (QED) is 0.268. The highest BCUT2D eigenvalue weighted by Crippen LogP contribution is 2.08. The first-order valence-electron chi connectivity index (χ1n) is 5.67. The average molecular weight is 218 g/mol. The lowest BCUT2D eigenvalue weighted by atomic mass is 10.1. The van der Waals surface area contributed by atoms with Crippen LogP contribution in [-0.4, -0.2) is 6.29 Å². The summed E-state index contributed by atoms with van der Waals surface area (Å²) in [6.45, 7) is 9.72. The van der Waals surface area contributed by atoms with Gasteiger partial charge in [0.15, 0.2) is 0 Å². The second-order valence-electron chi connectivity index (χ2n) is 4.04. The first-order chi connectivity index (χ1) is 7.60. The van der Waals surface area contributed by atoms with Gasteiger partial charge in [-0.1, -0.05) is 42.0 Å². The Bertz CT molecular complexity index is 316. The second kappa shape index (κ2) is 8.90. The van der Waals surface area contributed by atoms with E-state index in [4.69, 9.17) is 0 Å². The van der Waals surface area contributed by atoms with Crippen LogP contribution in [0.25, 0.3) is 0 Å². The topological polar surface area (TPSA) is 17.1 Å². The molecule has 1 nitrogen and oxygen atoms in total. The van der Waals surface area contributed by atoms with Crippen molar-refractivity contribution in [3.05, 3.63) is 47.6 Å². The molecule has 0 radical (unpaired) electrons. The maximum absolute atomic E-state index is 10.4. The van der Waals surface area contributed by atoms with Crippen molar-refractivity contribution in [3.63, 3.8) is 0 Å². The summed E-state index contributed by atoms with van der Waals surface area (Å²) in [5, 5.41) is 0. The lowest BCUT2D eigenvalue weighted by Gasteiger charge is -1.97. The van der Waals surface area contributed by atoms with E-state index in [1.54, 1.807) is 0 Å². The zero-order chi connectivity index (χ0) is 12.4. The van der Waals surface area contributed by atoms with Gasteiger partial charge in [-0.3, -0.25) is 4.79 Å². The molecule has 0 aliphatic rings. The maximum atomic E-state index is 10.4. The van der Waals surface area contributed by atoms with Crippen LogP contribution in [0.5, 0.6) is 0 Å². The Kier molecular flexibility index (Phi) is 8.14. The van der Waals surface area contributed by atoms with Gasteiger partial charge in [0.05, 0.1) is 0 Å². The third-order valence-electron chi connectivity index (χ3n) is 2.42. The van der Waals surface area contributed by atoms with E-state index in [0.717, 1.165) is 31.1 Å². The third-order valence-corrected chi connectivity index (χ3v) is 2.42. The molecule has 1 heteroatoms. The lowest BCUT2D eigenvalue weighted by molar-refractivity contribution is -0.104. The zero-order valence-electron chi connectivity index (χ0n) is 10.6. The van der Waals surface area contributed by atoms with E-state index in [0.29, 0.717) is 0 Å². The van der Waals surface area contributed by atoms with Gasteiger partial charge in [-0.25, -0.2) is 0 Å². The van der Waals surface area contributed by atoms with Gasteiger partial charge in [0.1, 0.15) is 6.29 Å². The summed E-state index contributed by atoms with van der Waals surface area (Å²) in [5.41, 5.74) is 3.39. The van der Waals surface area contributed by atoms with Gasteiger partial charge in [-0.15, -0.1) is 0 Å². The predicted octanol–water partition coefficient (Wildman–Crippen LogP) is 4.38. The van der Waals surface area contributed by atoms with Gasteiger partial charge in [0.2, 0.25) is 0 Å². The summed E-state index contributed by atoms with van der Waals surface area (Å²) in [5.74, 6) is 0. The summed E-state index contributed by atoms with van der Waals surface area (Å²) in [4.78, 5) is 10.4. The van der Waals surface area contributed by atoms with E-state index in [-0.39, 0.29) is 0 Å². The van der Waals surface area contributed by atoms with Crippen LogP contribution in [-0.2, 0) is 4.79 Å². The van der Waals surface area contributed by atoms with Gasteiger partial charge < -0.3 is 0 Å². The molecule has 0 N–H and O–H groups in total. The van der Waals surface area contributed by atoms with Crippen LogP contribution in [0.15, 0.2) is 47.6 Å². The molecular weight excluding hydrogens is 196 g/mol. The summed E-state index contributed by atoms with van der Waals surface area (Å²) < 4.78 is 0. The van der Waals surface area contributed by atoms with Crippen molar-refractivity contribution >= 4 is 6.29 Å². The lowest BCUT2D eigenvalue weighted by Crippen LogP contribution is -1.80. The molecular formula is C15H22O. The van der Waals surface area contributed by atoms with Crippen molar-refractivity contribution in [1.29, 1.82) is 0 Å². The molecule has 88 valence electrons. The predicted molar refractivity (Wildman–Crippen MR) is 71.4 cm³/mol. The highest BCUT2D eigenvalue weighted by molar-refractivity contribution is 5.71. The minimum absolute atomic E-state index is 0.815. The Balaban J connectivity index is 3.97. The zero-order valence-corrected chi connectivity index (χ0v) is 10.6. The number of hydrogen-bond acceptors (Lipinski definition) is 1. The summed E-state index contributed by atoms with van der Waals surface area (Å²) in [7, 11) is 0. The van der Waals surface area contributed by atoms with Gasteiger partial charge in [-0.2, -0.15) is 0 Å². The molecule has 0 amide bonds. The molecule has 0 aromatic carbocycles. The van der Waals surface area contributed by atoms with Crippen molar-refractivity contribution in [2.75, 3.05) is 0 Å². The molecule has 0 rings (SSSR count). The fourth-order valence-electron chi connectivity index (χ4n) is 1.21. The monoisotopic (exact) mass is 218 g/mol. The molecule has 16 heavy (non-hydrogen) atoms. The van der Waals surface area contributed by atoms with E-state index >= 15 is 0 Å². The van der Waals surface area contributed by atoms with Crippen LogP contribution in [0.3, 0.4) is 0 Å². The fraction of sp³-hybridized carbons (Fsp3) is 0.400. The van der Waals surface area contributed by atoms with E-state index < -0.39 is 0 Å². The molecule has 0 aliphatic heterocycles. The molecule has 0 aromatic rings. The minimum Gasteiger partial charge on any atom is -0.298 e. The molecule has 0 spiro atoms. The van der Waals surface area contributed by atoms with E-state index in [1.807, 2.05) is 26.0 Å². The van der Waals surface area contributed by atoms with Gasteiger partial charge in [-0.05, 0) is 45.6 Å². The largest absolute Gasteiger partial charge is 0.298 e. The van der Waals surface area contributed by atoms with Crippen molar-refractivity contribution in [2.24, 2.45) is 0 Å². The highest BCUT2D eigenvalue weighted by Gasteiger charge is 1.89. The minimum atomic E-state index is 0.815. The van der Waals surface area contributed by atoms with Crippen molar-refractivity contribution in [2.45, 2.75) is 40.0 Å². The molecule has 0 aliphatic carbocycles. The Morgan fingerprint density at radius 2 is 1.75 bits per heavy atom. The summed E-state index contributed by atoms with van der Waals surface area (Å²) in [6, 6.07) is 0. The Morgan fingerprint density at radius 1 is 1.06 bits per heavy atom. The average Bonchev–Trinajstić information content (AvgIpc) is 2.28. The van der Waals surface area contributed by atoms with Gasteiger partial charge >= 0.3 is 0 Å². The van der Waals surface area contributed by atoms with E-state index in [1.165, 1.54) is 11.1 Å². The molecule has 0 atom stereocenters. The smallest absolute Gasteiger partial charge is 0.145 e. The van der Waals surface area contributed by atoms with Crippen LogP contribution >= 0.6 is 0 Å². The summed E-state index contributed by atoms with van der Waals surface area (Å²) >= 11 is 0. The molecule has 0 saturated carbocycles. The molecule has 0 heterocycles. The van der Waals surface area contributed by atoms with E-state index in [9.17, 15) is 4.79 Å². The van der Waals surface area contributed by atoms with Crippen LogP contribution in [0.2, 0.25) is 0 Å². The molecule has 0 fully saturated rings. The van der Waals surface area contributed by atoms with Crippen LogP contribution in [0.1, 0.15) is 40.0 Å². The number of carbonyl (C=O) groups is 1. The van der Waals surface area contributed by atoms with Gasteiger partial charge in [0, 0.05) is 0 Å². The van der Waals surface area contributed by atoms with E-state index in [2.05, 4.69) is 25.7 Å². The normalized spacial score (nSPS) is 13.8. The Hall–Kier alpha value is -1.37. The first-order valence-corrected chi connectivity index (χ1v) is 5.67. The maximum Gasteiger partial charge on any atom is 0.145 e. The standard InChI is InChI=1S/C15H22O/c1-5-13(2)8-6-9-14(3)10-7-11-15(4)12-16/h5,8-9,11-12H,1,6-7,10H2,2-4H3/b13-8-,14-9-,15-11-. The van der Waals surface area contributed by atoms with Crippen LogP contribution in [0, 0.1) is 0 Å². The summed E-state index contributed by atoms with van der Waals surface area (Å²) in [6.07, 6.45) is 12.0. The second-order valence-corrected chi connectivity index (χ2v) is 4.04. The van der Waals surface area contributed by atoms with Crippen molar-refractivity contribution in [1.82, 2.24) is 0 Å². The number of rotatable bonds is 7. The number of hydrogen-bond donors (Lipinski definition) is 0.